The molecule has 1 amide bonds. The fourth-order valence-electron chi connectivity index (χ4n) is 3.62. The van der Waals surface area contributed by atoms with E-state index in [9.17, 15) is 9.90 Å². The van der Waals surface area contributed by atoms with Gasteiger partial charge in [0.2, 0.25) is 0 Å². The van der Waals surface area contributed by atoms with Crippen molar-refractivity contribution in [3.05, 3.63) is 65.2 Å². The Bertz CT molecular complexity index is 821. The summed E-state index contributed by atoms with van der Waals surface area (Å²) >= 11 is 5.88. The lowest BCUT2D eigenvalue weighted by atomic mass is 10.1. The largest absolute Gasteiger partial charge is 0.491 e. The SMILES string of the molecule is COCCN(C[C@@H]1CN(C[C@H](O)COc2ccc(Cl)cc2)CCO1)C(=O)c1ccccc1. The molecule has 1 N–H and O–H groups in total. The highest BCUT2D eigenvalue weighted by Crippen LogP contribution is 2.16. The first-order chi connectivity index (χ1) is 15.5. The van der Waals surface area contributed by atoms with E-state index in [1.165, 1.54) is 0 Å². The molecule has 0 saturated carbocycles. The van der Waals surface area contributed by atoms with Crippen LogP contribution in [0.5, 0.6) is 5.75 Å². The van der Waals surface area contributed by atoms with Crippen LogP contribution in [0.15, 0.2) is 54.6 Å². The van der Waals surface area contributed by atoms with E-state index < -0.39 is 6.10 Å². The van der Waals surface area contributed by atoms with E-state index in [-0.39, 0.29) is 18.6 Å². The van der Waals surface area contributed by atoms with Crippen molar-refractivity contribution in [1.29, 1.82) is 0 Å². The van der Waals surface area contributed by atoms with E-state index in [4.69, 9.17) is 25.8 Å². The Morgan fingerprint density at radius 2 is 2.00 bits per heavy atom. The Labute approximate surface area is 194 Å². The number of morpholine rings is 1. The third kappa shape index (κ3) is 7.76. The van der Waals surface area contributed by atoms with Crippen LogP contribution in [0.4, 0.5) is 0 Å². The summed E-state index contributed by atoms with van der Waals surface area (Å²) in [4.78, 5) is 16.9. The molecule has 0 bridgehead atoms. The van der Waals surface area contributed by atoms with Crippen molar-refractivity contribution in [3.8, 4) is 5.75 Å². The van der Waals surface area contributed by atoms with Gasteiger partial charge in [0, 0.05) is 50.4 Å². The van der Waals surface area contributed by atoms with Gasteiger partial charge in [-0.1, -0.05) is 29.8 Å². The lowest BCUT2D eigenvalue weighted by Crippen LogP contribution is -2.51. The second kappa shape index (κ2) is 12.8. The average Bonchev–Trinajstić information content (AvgIpc) is 2.82. The van der Waals surface area contributed by atoms with Crippen LogP contribution in [0.3, 0.4) is 0 Å². The number of methoxy groups -OCH3 is 1. The van der Waals surface area contributed by atoms with Gasteiger partial charge >= 0.3 is 0 Å². The maximum absolute atomic E-state index is 13.0. The van der Waals surface area contributed by atoms with Crippen LogP contribution in [-0.2, 0) is 9.47 Å². The first kappa shape index (κ1) is 24.5. The molecule has 7 nitrogen and oxygen atoms in total. The molecule has 1 aliphatic heterocycles. The van der Waals surface area contributed by atoms with Gasteiger partial charge < -0.3 is 24.2 Å². The molecule has 1 saturated heterocycles. The van der Waals surface area contributed by atoms with E-state index >= 15 is 0 Å². The number of halogens is 1. The van der Waals surface area contributed by atoms with Crippen LogP contribution >= 0.6 is 11.6 Å². The lowest BCUT2D eigenvalue weighted by Gasteiger charge is -2.36. The molecule has 1 fully saturated rings. The normalized spacial score (nSPS) is 17.7. The van der Waals surface area contributed by atoms with Crippen molar-refractivity contribution in [3.63, 3.8) is 0 Å². The van der Waals surface area contributed by atoms with Gasteiger partial charge in [0.05, 0.1) is 19.3 Å². The molecule has 2 aromatic rings. The predicted octanol–water partition coefficient (Wildman–Crippen LogP) is 2.57. The van der Waals surface area contributed by atoms with Crippen LogP contribution in [-0.4, -0.2) is 92.7 Å². The van der Waals surface area contributed by atoms with Gasteiger partial charge in [-0.15, -0.1) is 0 Å². The van der Waals surface area contributed by atoms with Crippen LogP contribution in [0.2, 0.25) is 5.02 Å². The van der Waals surface area contributed by atoms with Crippen molar-refractivity contribution in [1.82, 2.24) is 9.80 Å². The highest BCUT2D eigenvalue weighted by Gasteiger charge is 2.26. The third-order valence-corrected chi connectivity index (χ3v) is 5.50. The van der Waals surface area contributed by atoms with Crippen molar-refractivity contribution in [2.24, 2.45) is 0 Å². The maximum atomic E-state index is 13.0. The third-order valence-electron chi connectivity index (χ3n) is 5.25. The second-order valence-corrected chi connectivity index (χ2v) is 8.22. The van der Waals surface area contributed by atoms with Gasteiger partial charge in [0.25, 0.3) is 5.91 Å². The van der Waals surface area contributed by atoms with Gasteiger partial charge in [0.1, 0.15) is 18.5 Å². The standard InChI is InChI=1S/C24H31ClN2O5/c1-30-13-12-27(24(29)19-5-3-2-4-6-19)17-23-16-26(11-14-31-23)15-21(28)18-32-22-9-7-20(25)8-10-22/h2-10,21,23,28H,11-18H2,1H3/t21-,23-/m0/s1. The van der Waals surface area contributed by atoms with Crippen LogP contribution < -0.4 is 4.74 Å². The smallest absolute Gasteiger partial charge is 0.254 e. The quantitative estimate of drug-likeness (QED) is 0.553. The lowest BCUT2D eigenvalue weighted by molar-refractivity contribution is -0.0546. The van der Waals surface area contributed by atoms with Crippen LogP contribution in [0.1, 0.15) is 10.4 Å². The number of β-amino-alcohol motifs (C(OH)–C–C–N with tert-alkyl or cyclic N) is 1. The summed E-state index contributed by atoms with van der Waals surface area (Å²) < 4.78 is 16.8. The zero-order chi connectivity index (χ0) is 22.8. The van der Waals surface area contributed by atoms with Gasteiger partial charge in [-0.2, -0.15) is 0 Å². The molecular formula is C24H31ClN2O5. The average molecular weight is 463 g/mol. The van der Waals surface area contributed by atoms with Crippen molar-refractivity contribution in [2.45, 2.75) is 12.2 Å². The molecule has 1 aliphatic rings. The first-order valence-electron chi connectivity index (χ1n) is 10.8. The molecular weight excluding hydrogens is 432 g/mol. The number of ether oxygens (including phenoxy) is 3. The number of carbonyl (C=O) groups is 1. The minimum absolute atomic E-state index is 0.0419. The number of aliphatic hydroxyl groups is 1. The summed E-state index contributed by atoms with van der Waals surface area (Å²) in [7, 11) is 1.62. The maximum Gasteiger partial charge on any atom is 0.254 e. The number of hydrogen-bond acceptors (Lipinski definition) is 6. The molecule has 2 atom stereocenters. The topological polar surface area (TPSA) is 71.5 Å². The number of amides is 1. The van der Waals surface area contributed by atoms with Gasteiger partial charge in [-0.05, 0) is 36.4 Å². The summed E-state index contributed by atoms with van der Waals surface area (Å²) in [5.41, 5.74) is 0.644. The summed E-state index contributed by atoms with van der Waals surface area (Å²) in [6.07, 6.45) is -0.780. The van der Waals surface area contributed by atoms with Gasteiger partial charge in [-0.25, -0.2) is 0 Å². The van der Waals surface area contributed by atoms with Crippen molar-refractivity contribution >= 4 is 17.5 Å². The number of benzene rings is 2. The first-order valence-corrected chi connectivity index (χ1v) is 11.2. The highest BCUT2D eigenvalue weighted by atomic mass is 35.5. The minimum Gasteiger partial charge on any atom is -0.491 e. The molecule has 0 unspecified atom stereocenters. The minimum atomic E-state index is -0.639. The Morgan fingerprint density at radius 3 is 2.72 bits per heavy atom. The van der Waals surface area contributed by atoms with E-state index in [2.05, 4.69) is 4.90 Å². The summed E-state index contributed by atoms with van der Waals surface area (Å²) in [6.45, 7) is 3.96. The molecule has 32 heavy (non-hydrogen) atoms. The molecule has 8 heteroatoms. The van der Waals surface area contributed by atoms with Gasteiger partial charge in [0.15, 0.2) is 0 Å². The molecule has 0 radical (unpaired) electrons. The number of nitrogens with zero attached hydrogens (tertiary/aromatic N) is 2. The Balaban J connectivity index is 1.50. The second-order valence-electron chi connectivity index (χ2n) is 7.78. The molecule has 0 spiro atoms. The molecule has 0 aliphatic carbocycles. The number of aliphatic hydroxyl groups excluding tert-OH is 1. The van der Waals surface area contributed by atoms with Crippen LogP contribution in [0, 0.1) is 0 Å². The molecule has 2 aromatic carbocycles. The predicted molar refractivity (Wildman–Crippen MR) is 123 cm³/mol. The molecule has 3 rings (SSSR count). The summed E-state index contributed by atoms with van der Waals surface area (Å²) in [5, 5.41) is 11.1. The Kier molecular flexibility index (Phi) is 9.77. The van der Waals surface area contributed by atoms with E-state index in [0.717, 1.165) is 6.54 Å². The zero-order valence-corrected chi connectivity index (χ0v) is 19.1. The molecule has 0 aromatic heterocycles. The fourth-order valence-corrected chi connectivity index (χ4v) is 3.74. The van der Waals surface area contributed by atoms with E-state index in [0.29, 0.717) is 55.7 Å². The highest BCUT2D eigenvalue weighted by molar-refractivity contribution is 6.30. The zero-order valence-electron chi connectivity index (χ0n) is 18.4. The Morgan fingerprint density at radius 1 is 1.25 bits per heavy atom. The fraction of sp³-hybridized carbons (Fsp3) is 0.458. The van der Waals surface area contributed by atoms with E-state index in [1.54, 1.807) is 36.3 Å². The summed E-state index contributed by atoms with van der Waals surface area (Å²) in [6, 6.07) is 16.3. The molecule has 1 heterocycles. The Hall–Kier alpha value is -2.16. The number of rotatable bonds is 11. The van der Waals surface area contributed by atoms with Crippen molar-refractivity contribution in [2.75, 3.05) is 59.7 Å². The summed E-state index contributed by atoms with van der Waals surface area (Å²) in [5.74, 6) is 0.626. The number of hydrogen-bond donors (Lipinski definition) is 1. The monoisotopic (exact) mass is 462 g/mol. The molecule has 174 valence electrons. The number of carbonyl (C=O) groups excluding carboxylic acids is 1. The van der Waals surface area contributed by atoms with E-state index in [1.807, 2.05) is 30.3 Å². The van der Waals surface area contributed by atoms with Gasteiger partial charge in [-0.3, -0.25) is 9.69 Å². The van der Waals surface area contributed by atoms with Crippen LogP contribution in [0.25, 0.3) is 0 Å². The van der Waals surface area contributed by atoms with Crippen molar-refractivity contribution < 1.29 is 24.1 Å².